The summed E-state index contributed by atoms with van der Waals surface area (Å²) in [5.74, 6) is 4.09. The van der Waals surface area contributed by atoms with Gasteiger partial charge in [0.1, 0.15) is 27.9 Å². The van der Waals surface area contributed by atoms with Crippen molar-refractivity contribution >= 4 is 34.6 Å². The maximum atomic E-state index is 5.31. The quantitative estimate of drug-likeness (QED) is 0.116. The molecule has 0 spiro atoms. The van der Waals surface area contributed by atoms with Crippen molar-refractivity contribution < 1.29 is 14.2 Å². The molecular formula is C29H27N3O3S2. The Hall–Kier alpha value is -3.62. The molecule has 188 valence electrons. The topological polar surface area (TPSA) is 69.3 Å². The molecule has 0 amide bonds. The number of rotatable bonds is 10. The first kappa shape index (κ1) is 25.0. The summed E-state index contributed by atoms with van der Waals surface area (Å²) in [4.78, 5) is 13.3. The molecule has 0 unspecified atom stereocenters. The maximum Gasteiger partial charge on any atom is 0.190 e. The smallest absolute Gasteiger partial charge is 0.190 e. The Morgan fingerprint density at radius 1 is 0.649 bits per heavy atom. The first-order valence-electron chi connectivity index (χ1n) is 11.7. The molecule has 2 heterocycles. The normalized spacial score (nSPS) is 11.0. The zero-order chi connectivity index (χ0) is 25.6. The van der Waals surface area contributed by atoms with Gasteiger partial charge in [-0.25, -0.2) is 9.97 Å². The number of aromatic amines is 1. The van der Waals surface area contributed by atoms with E-state index in [1.807, 2.05) is 48.5 Å². The number of hydrogen-bond donors (Lipinski definition) is 1. The Morgan fingerprint density at radius 2 is 1.16 bits per heavy atom. The molecule has 37 heavy (non-hydrogen) atoms. The van der Waals surface area contributed by atoms with Crippen LogP contribution in [0.3, 0.4) is 0 Å². The van der Waals surface area contributed by atoms with Crippen molar-refractivity contribution in [3.8, 4) is 28.5 Å². The van der Waals surface area contributed by atoms with Gasteiger partial charge in [0.2, 0.25) is 0 Å². The van der Waals surface area contributed by atoms with Gasteiger partial charge in [0.05, 0.1) is 26.7 Å². The highest BCUT2D eigenvalue weighted by Crippen LogP contribution is 2.34. The van der Waals surface area contributed by atoms with Gasteiger partial charge < -0.3 is 19.2 Å². The Bertz CT molecular complexity index is 1470. The Morgan fingerprint density at radius 3 is 1.70 bits per heavy atom. The van der Waals surface area contributed by atoms with E-state index in [4.69, 9.17) is 24.2 Å². The van der Waals surface area contributed by atoms with Crippen molar-refractivity contribution in [3.63, 3.8) is 0 Å². The minimum Gasteiger partial charge on any atom is -0.497 e. The third-order valence-corrected chi connectivity index (χ3v) is 7.88. The van der Waals surface area contributed by atoms with Gasteiger partial charge in [0, 0.05) is 17.2 Å². The summed E-state index contributed by atoms with van der Waals surface area (Å²) < 4.78 is 15.9. The zero-order valence-electron chi connectivity index (χ0n) is 20.9. The largest absolute Gasteiger partial charge is 0.497 e. The van der Waals surface area contributed by atoms with Crippen molar-refractivity contribution in [3.05, 3.63) is 90.0 Å². The van der Waals surface area contributed by atoms with Crippen LogP contribution in [0.5, 0.6) is 17.2 Å². The Balaban J connectivity index is 1.43. The number of aromatic nitrogens is 3. The molecule has 0 radical (unpaired) electrons. The van der Waals surface area contributed by atoms with Crippen molar-refractivity contribution in [2.24, 2.45) is 0 Å². The molecule has 0 saturated carbocycles. The summed E-state index contributed by atoms with van der Waals surface area (Å²) >= 11 is 3.33. The van der Waals surface area contributed by atoms with E-state index < -0.39 is 0 Å². The second kappa shape index (κ2) is 11.6. The van der Waals surface area contributed by atoms with Gasteiger partial charge in [0.25, 0.3) is 0 Å². The van der Waals surface area contributed by atoms with Crippen molar-refractivity contribution in [2.45, 2.75) is 21.7 Å². The minimum atomic E-state index is 0.740. The van der Waals surface area contributed by atoms with Gasteiger partial charge >= 0.3 is 0 Å². The summed E-state index contributed by atoms with van der Waals surface area (Å²) in [6, 6.07) is 26.4. The molecule has 0 aliphatic heterocycles. The number of ether oxygens (including phenoxy) is 3. The lowest BCUT2D eigenvalue weighted by molar-refractivity contribution is 0.414. The van der Waals surface area contributed by atoms with Gasteiger partial charge in [-0.15, -0.1) is 11.8 Å². The van der Waals surface area contributed by atoms with Crippen LogP contribution in [0.4, 0.5) is 0 Å². The number of nitrogens with zero attached hydrogens (tertiary/aromatic N) is 2. The number of H-pyrrole nitrogens is 1. The SMILES string of the molecule is COc1ccc(CSc2nc(SCc3ccc(OC)cc3)c3cc(-c4ccc(OC)cc4)[nH]c3n2)cc1. The van der Waals surface area contributed by atoms with Crippen LogP contribution in [0.25, 0.3) is 22.3 Å². The van der Waals surface area contributed by atoms with Crippen LogP contribution >= 0.6 is 23.5 Å². The summed E-state index contributed by atoms with van der Waals surface area (Å²) in [5, 5.41) is 2.70. The molecule has 1 N–H and O–H groups in total. The molecule has 5 aromatic rings. The first-order chi connectivity index (χ1) is 18.1. The number of fused-ring (bicyclic) bond motifs is 1. The van der Waals surface area contributed by atoms with E-state index in [1.54, 1.807) is 44.9 Å². The molecule has 5 rings (SSSR count). The van der Waals surface area contributed by atoms with E-state index in [1.165, 1.54) is 11.1 Å². The zero-order valence-corrected chi connectivity index (χ0v) is 22.5. The third kappa shape index (κ3) is 6.03. The number of thioether (sulfide) groups is 2. The van der Waals surface area contributed by atoms with Gasteiger partial charge in [-0.3, -0.25) is 0 Å². The number of hydrogen-bond acceptors (Lipinski definition) is 7. The van der Waals surface area contributed by atoms with Crippen molar-refractivity contribution in [2.75, 3.05) is 21.3 Å². The van der Waals surface area contributed by atoms with E-state index in [0.717, 1.165) is 61.2 Å². The summed E-state index contributed by atoms with van der Waals surface area (Å²) in [6.45, 7) is 0. The van der Waals surface area contributed by atoms with Crippen LogP contribution in [0.2, 0.25) is 0 Å². The second-order valence-electron chi connectivity index (χ2n) is 8.26. The molecule has 3 aromatic carbocycles. The third-order valence-electron chi connectivity index (χ3n) is 5.89. The minimum absolute atomic E-state index is 0.740. The fourth-order valence-corrected chi connectivity index (χ4v) is 5.62. The number of methoxy groups -OCH3 is 3. The van der Waals surface area contributed by atoms with Crippen LogP contribution < -0.4 is 14.2 Å². The first-order valence-corrected chi connectivity index (χ1v) is 13.7. The molecule has 0 aliphatic carbocycles. The highest BCUT2D eigenvalue weighted by atomic mass is 32.2. The van der Waals surface area contributed by atoms with Crippen molar-refractivity contribution in [1.82, 2.24) is 15.0 Å². The lowest BCUT2D eigenvalue weighted by Crippen LogP contribution is -1.93. The van der Waals surface area contributed by atoms with Crippen LogP contribution in [-0.4, -0.2) is 36.3 Å². The van der Waals surface area contributed by atoms with Gasteiger partial charge in [0.15, 0.2) is 5.16 Å². The molecule has 0 saturated heterocycles. The number of benzene rings is 3. The Kier molecular flexibility index (Phi) is 7.87. The summed E-state index contributed by atoms with van der Waals surface area (Å²) in [5.41, 5.74) is 5.28. The van der Waals surface area contributed by atoms with Crippen LogP contribution in [-0.2, 0) is 11.5 Å². The van der Waals surface area contributed by atoms with E-state index >= 15 is 0 Å². The standard InChI is InChI=1S/C29H27N3O3S2/c1-33-22-10-4-19(5-11-22)17-36-28-25-16-26(21-8-14-24(35-3)15-9-21)30-27(25)31-29(32-28)37-18-20-6-12-23(34-2)13-7-20/h4-16H,17-18H2,1-3H3,(H,30,31,32). The molecule has 0 aliphatic rings. The molecule has 6 nitrogen and oxygen atoms in total. The van der Waals surface area contributed by atoms with Crippen LogP contribution in [0.1, 0.15) is 11.1 Å². The fraction of sp³-hybridized carbons (Fsp3) is 0.172. The molecule has 0 atom stereocenters. The predicted molar refractivity (Wildman–Crippen MR) is 151 cm³/mol. The van der Waals surface area contributed by atoms with Gasteiger partial charge in [-0.1, -0.05) is 36.0 Å². The fourth-order valence-electron chi connectivity index (χ4n) is 3.81. The van der Waals surface area contributed by atoms with E-state index in [0.29, 0.717) is 0 Å². The van der Waals surface area contributed by atoms with E-state index in [9.17, 15) is 0 Å². The van der Waals surface area contributed by atoms with E-state index in [-0.39, 0.29) is 0 Å². The molecule has 2 aromatic heterocycles. The maximum absolute atomic E-state index is 5.31. The monoisotopic (exact) mass is 529 g/mol. The lowest BCUT2D eigenvalue weighted by atomic mass is 10.1. The predicted octanol–water partition coefficient (Wildman–Crippen LogP) is 7.24. The molecule has 8 heteroatoms. The van der Waals surface area contributed by atoms with E-state index in [2.05, 4.69) is 35.3 Å². The van der Waals surface area contributed by atoms with Gasteiger partial charge in [-0.05, 0) is 71.3 Å². The van der Waals surface area contributed by atoms with Gasteiger partial charge in [-0.2, -0.15) is 0 Å². The molecular weight excluding hydrogens is 502 g/mol. The van der Waals surface area contributed by atoms with Crippen molar-refractivity contribution in [1.29, 1.82) is 0 Å². The highest BCUT2D eigenvalue weighted by Gasteiger charge is 2.14. The summed E-state index contributed by atoms with van der Waals surface area (Å²) in [6.07, 6.45) is 0. The van der Waals surface area contributed by atoms with Crippen LogP contribution in [0.15, 0.2) is 89.0 Å². The Labute approximate surface area is 224 Å². The molecule has 0 fully saturated rings. The summed E-state index contributed by atoms with van der Waals surface area (Å²) in [7, 11) is 5.03. The number of nitrogens with one attached hydrogen (secondary N) is 1. The molecule has 0 bridgehead atoms. The highest BCUT2D eigenvalue weighted by molar-refractivity contribution is 7.99. The van der Waals surface area contributed by atoms with Crippen LogP contribution in [0, 0.1) is 0 Å². The second-order valence-corrected chi connectivity index (χ2v) is 10.2. The average Bonchev–Trinajstić information content (AvgIpc) is 3.40. The lowest BCUT2D eigenvalue weighted by Gasteiger charge is -2.07. The average molecular weight is 530 g/mol.